The first-order valence-electron chi connectivity index (χ1n) is 4.81. The predicted molar refractivity (Wildman–Crippen MR) is 66.2 cm³/mol. The summed E-state index contributed by atoms with van der Waals surface area (Å²) in [5.74, 6) is -0.000970. The molecule has 0 spiro atoms. The standard InChI is InChI=1S/C12H15O3S/c1-15-12(14)10-7-5-4-6-9(10)11(13)8-16(2)3/h4-7H,8H2,1-3H3/q+1. The molecule has 0 aliphatic rings. The molecule has 0 N–H and O–H groups in total. The number of carbonyl (C=O) groups is 2. The van der Waals surface area contributed by atoms with Gasteiger partial charge in [-0.3, -0.25) is 4.79 Å². The average Bonchev–Trinajstić information content (AvgIpc) is 2.27. The van der Waals surface area contributed by atoms with Gasteiger partial charge < -0.3 is 4.74 Å². The van der Waals surface area contributed by atoms with Crippen LogP contribution in [0.25, 0.3) is 0 Å². The molecule has 0 heterocycles. The van der Waals surface area contributed by atoms with Gasteiger partial charge in [0.05, 0.1) is 25.2 Å². The normalized spacial score (nSPS) is 10.2. The maximum absolute atomic E-state index is 11.9. The number of benzene rings is 1. The minimum absolute atomic E-state index is 0.00525. The van der Waals surface area contributed by atoms with E-state index >= 15 is 0 Å². The number of hydrogen-bond acceptors (Lipinski definition) is 3. The molecule has 0 aliphatic heterocycles. The van der Waals surface area contributed by atoms with E-state index in [1.54, 1.807) is 24.3 Å². The van der Waals surface area contributed by atoms with E-state index in [0.717, 1.165) is 0 Å². The van der Waals surface area contributed by atoms with Crippen LogP contribution >= 0.6 is 0 Å². The van der Waals surface area contributed by atoms with E-state index in [4.69, 9.17) is 0 Å². The molecule has 1 aromatic carbocycles. The van der Waals surface area contributed by atoms with Crippen LogP contribution in [0.2, 0.25) is 0 Å². The molecule has 16 heavy (non-hydrogen) atoms. The third-order valence-corrected chi connectivity index (χ3v) is 2.89. The summed E-state index contributed by atoms with van der Waals surface area (Å²) in [5.41, 5.74) is 0.802. The van der Waals surface area contributed by atoms with E-state index in [9.17, 15) is 9.59 Å². The topological polar surface area (TPSA) is 43.4 Å². The Kier molecular flexibility index (Phi) is 4.55. The van der Waals surface area contributed by atoms with Crippen molar-refractivity contribution >= 4 is 22.6 Å². The van der Waals surface area contributed by atoms with E-state index < -0.39 is 5.97 Å². The van der Waals surface area contributed by atoms with E-state index in [-0.39, 0.29) is 16.7 Å². The van der Waals surface area contributed by atoms with Crippen molar-refractivity contribution < 1.29 is 14.3 Å². The van der Waals surface area contributed by atoms with Gasteiger partial charge in [-0.1, -0.05) is 18.2 Å². The second-order valence-electron chi connectivity index (χ2n) is 3.59. The number of methoxy groups -OCH3 is 1. The van der Waals surface area contributed by atoms with Gasteiger partial charge in [-0.25, -0.2) is 4.79 Å². The van der Waals surface area contributed by atoms with Crippen molar-refractivity contribution in [3.63, 3.8) is 0 Å². The molecule has 0 radical (unpaired) electrons. The van der Waals surface area contributed by atoms with Gasteiger partial charge in [0.25, 0.3) is 0 Å². The molecule has 0 aromatic heterocycles. The zero-order valence-electron chi connectivity index (χ0n) is 9.65. The van der Waals surface area contributed by atoms with Crippen LogP contribution in [0.5, 0.6) is 0 Å². The van der Waals surface area contributed by atoms with Crippen LogP contribution in [0.1, 0.15) is 20.7 Å². The highest BCUT2D eigenvalue weighted by Crippen LogP contribution is 2.11. The summed E-state index contributed by atoms with van der Waals surface area (Å²) in [6.07, 6.45) is 4.00. The van der Waals surface area contributed by atoms with Crippen LogP contribution in [-0.2, 0) is 15.6 Å². The molecule has 0 atom stereocenters. The van der Waals surface area contributed by atoms with Crippen LogP contribution in [0.15, 0.2) is 24.3 Å². The first-order valence-corrected chi connectivity index (χ1v) is 7.02. The second kappa shape index (κ2) is 5.70. The summed E-state index contributed by atoms with van der Waals surface area (Å²) in [6, 6.07) is 6.76. The molecule has 86 valence electrons. The Hall–Kier alpha value is -1.29. The second-order valence-corrected chi connectivity index (χ2v) is 5.85. The van der Waals surface area contributed by atoms with Gasteiger partial charge in [0.15, 0.2) is 5.75 Å². The Bertz CT molecular complexity index is 399. The smallest absolute Gasteiger partial charge is 0.338 e. The van der Waals surface area contributed by atoms with Gasteiger partial charge in [-0.05, 0) is 17.0 Å². The molecule has 0 saturated heterocycles. The zero-order chi connectivity index (χ0) is 12.1. The third kappa shape index (κ3) is 3.10. The molecular weight excluding hydrogens is 224 g/mol. The molecule has 1 aromatic rings. The molecule has 0 amide bonds. The van der Waals surface area contributed by atoms with E-state index in [2.05, 4.69) is 4.74 Å². The van der Waals surface area contributed by atoms with Gasteiger partial charge in [-0.2, -0.15) is 0 Å². The molecule has 0 saturated carbocycles. The summed E-state index contributed by atoms with van der Waals surface area (Å²) in [7, 11) is 1.34. The lowest BCUT2D eigenvalue weighted by atomic mass is 10.0. The SMILES string of the molecule is COC(=O)c1ccccc1C(=O)C[S+](C)C. The molecular formula is C12H15O3S+. The molecule has 0 bridgehead atoms. The van der Waals surface area contributed by atoms with Gasteiger partial charge in [0.1, 0.15) is 0 Å². The zero-order valence-corrected chi connectivity index (χ0v) is 10.5. The lowest BCUT2D eigenvalue weighted by Gasteiger charge is -2.05. The lowest BCUT2D eigenvalue weighted by molar-refractivity contribution is 0.0597. The highest BCUT2D eigenvalue weighted by atomic mass is 32.2. The summed E-state index contributed by atoms with van der Waals surface area (Å²) >= 11 is 0. The molecule has 0 aliphatic carbocycles. The number of Topliss-reactive ketones (excluding diaryl/α,β-unsaturated/α-hetero) is 1. The molecule has 3 nitrogen and oxygen atoms in total. The summed E-state index contributed by atoms with van der Waals surface area (Å²) in [4.78, 5) is 23.3. The van der Waals surface area contributed by atoms with Crippen molar-refractivity contribution in [1.29, 1.82) is 0 Å². The molecule has 0 fully saturated rings. The Balaban J connectivity index is 3.03. The summed E-state index contributed by atoms with van der Waals surface area (Å²) < 4.78 is 4.64. The number of hydrogen-bond donors (Lipinski definition) is 0. The first-order chi connectivity index (χ1) is 7.56. The minimum atomic E-state index is -0.462. The van der Waals surface area contributed by atoms with Gasteiger partial charge in [0.2, 0.25) is 5.78 Å². The number of carbonyl (C=O) groups excluding carboxylic acids is 2. The van der Waals surface area contributed by atoms with Crippen molar-refractivity contribution in [2.45, 2.75) is 0 Å². The maximum atomic E-state index is 11.9. The van der Waals surface area contributed by atoms with Gasteiger partial charge >= 0.3 is 5.97 Å². The fraction of sp³-hybridized carbons (Fsp3) is 0.333. The number of esters is 1. The van der Waals surface area contributed by atoms with Crippen molar-refractivity contribution in [3.8, 4) is 0 Å². The van der Waals surface area contributed by atoms with Gasteiger partial charge in [0, 0.05) is 5.56 Å². The van der Waals surface area contributed by atoms with Crippen molar-refractivity contribution in [1.82, 2.24) is 0 Å². The molecule has 1 rings (SSSR count). The third-order valence-electron chi connectivity index (χ3n) is 2.05. The van der Waals surface area contributed by atoms with Crippen LogP contribution in [0.3, 0.4) is 0 Å². The quantitative estimate of drug-likeness (QED) is 0.455. The Labute approximate surface area is 98.1 Å². The van der Waals surface area contributed by atoms with E-state index in [1.165, 1.54) is 7.11 Å². The van der Waals surface area contributed by atoms with Crippen LogP contribution < -0.4 is 0 Å². The highest BCUT2D eigenvalue weighted by molar-refractivity contribution is 7.96. The van der Waals surface area contributed by atoms with Crippen LogP contribution in [0, 0.1) is 0 Å². The molecule has 0 unspecified atom stereocenters. The fourth-order valence-electron chi connectivity index (χ4n) is 1.35. The Morgan fingerprint density at radius 1 is 1.19 bits per heavy atom. The number of ketones is 1. The lowest BCUT2D eigenvalue weighted by Crippen LogP contribution is -2.17. The van der Waals surface area contributed by atoms with E-state index in [1.807, 2.05) is 12.5 Å². The number of ether oxygens (including phenoxy) is 1. The van der Waals surface area contributed by atoms with Crippen LogP contribution in [-0.4, -0.2) is 37.1 Å². The van der Waals surface area contributed by atoms with Crippen molar-refractivity contribution in [2.24, 2.45) is 0 Å². The minimum Gasteiger partial charge on any atom is -0.465 e. The Morgan fingerprint density at radius 2 is 1.75 bits per heavy atom. The average molecular weight is 239 g/mol. The number of rotatable bonds is 4. The van der Waals surface area contributed by atoms with Crippen LogP contribution in [0.4, 0.5) is 0 Å². The maximum Gasteiger partial charge on any atom is 0.338 e. The molecule has 4 heteroatoms. The van der Waals surface area contributed by atoms with E-state index in [0.29, 0.717) is 16.9 Å². The largest absolute Gasteiger partial charge is 0.465 e. The monoisotopic (exact) mass is 239 g/mol. The fourth-order valence-corrected chi connectivity index (χ4v) is 2.03. The summed E-state index contributed by atoms with van der Waals surface area (Å²) in [5, 5.41) is 0. The van der Waals surface area contributed by atoms with Crippen molar-refractivity contribution in [2.75, 3.05) is 25.4 Å². The first kappa shape index (κ1) is 12.8. The predicted octanol–water partition coefficient (Wildman–Crippen LogP) is 1.53. The van der Waals surface area contributed by atoms with Gasteiger partial charge in [-0.15, -0.1) is 0 Å². The summed E-state index contributed by atoms with van der Waals surface area (Å²) in [6.45, 7) is 0. The highest BCUT2D eigenvalue weighted by Gasteiger charge is 2.20. The Morgan fingerprint density at radius 3 is 2.25 bits per heavy atom. The van der Waals surface area contributed by atoms with Crippen molar-refractivity contribution in [3.05, 3.63) is 35.4 Å².